The number of benzene rings is 1. The third-order valence-electron chi connectivity index (χ3n) is 3.56. The van der Waals surface area contributed by atoms with Gasteiger partial charge in [-0.1, -0.05) is 19.9 Å². The SMILES string of the molecule is CCC(=O)N(Cc1ccc2c(c1)OCO2)CC(C)C(=O)OC. The van der Waals surface area contributed by atoms with E-state index in [2.05, 4.69) is 0 Å². The van der Waals surface area contributed by atoms with Crippen LogP contribution in [0.1, 0.15) is 25.8 Å². The number of esters is 1. The molecule has 0 saturated carbocycles. The number of amides is 1. The lowest BCUT2D eigenvalue weighted by Gasteiger charge is -2.25. The normalized spacial score (nSPS) is 13.6. The Kier molecular flexibility index (Phi) is 5.25. The number of fused-ring (bicyclic) bond motifs is 1. The molecule has 1 aromatic carbocycles. The molecular formula is C16H21NO5. The van der Waals surface area contributed by atoms with E-state index in [1.165, 1.54) is 7.11 Å². The second-order valence-corrected chi connectivity index (χ2v) is 5.24. The van der Waals surface area contributed by atoms with E-state index in [9.17, 15) is 9.59 Å². The molecule has 0 saturated heterocycles. The fraction of sp³-hybridized carbons (Fsp3) is 0.500. The van der Waals surface area contributed by atoms with Crippen LogP contribution >= 0.6 is 0 Å². The van der Waals surface area contributed by atoms with E-state index < -0.39 is 0 Å². The smallest absolute Gasteiger partial charge is 0.310 e. The zero-order valence-corrected chi connectivity index (χ0v) is 13.1. The van der Waals surface area contributed by atoms with Crippen molar-refractivity contribution in [2.75, 3.05) is 20.4 Å². The Morgan fingerprint density at radius 3 is 2.73 bits per heavy atom. The molecule has 2 rings (SSSR count). The first-order valence-corrected chi connectivity index (χ1v) is 7.29. The summed E-state index contributed by atoms with van der Waals surface area (Å²) in [6, 6.07) is 5.59. The average Bonchev–Trinajstić information content (AvgIpc) is 3.00. The molecule has 0 aliphatic carbocycles. The van der Waals surface area contributed by atoms with Gasteiger partial charge < -0.3 is 19.1 Å². The molecule has 0 bridgehead atoms. The van der Waals surface area contributed by atoms with Crippen molar-refractivity contribution in [1.82, 2.24) is 4.90 Å². The molecule has 1 heterocycles. The Morgan fingerprint density at radius 1 is 1.32 bits per heavy atom. The average molecular weight is 307 g/mol. The van der Waals surface area contributed by atoms with E-state index in [1.54, 1.807) is 18.7 Å². The van der Waals surface area contributed by atoms with Gasteiger partial charge in [0.15, 0.2) is 11.5 Å². The molecule has 0 spiro atoms. The fourth-order valence-corrected chi connectivity index (χ4v) is 2.34. The summed E-state index contributed by atoms with van der Waals surface area (Å²) < 4.78 is 15.3. The number of carbonyl (C=O) groups excluding carboxylic acids is 2. The molecular weight excluding hydrogens is 286 g/mol. The Morgan fingerprint density at radius 2 is 2.05 bits per heavy atom. The molecule has 0 fully saturated rings. The summed E-state index contributed by atoms with van der Waals surface area (Å²) in [6.45, 7) is 4.52. The summed E-state index contributed by atoms with van der Waals surface area (Å²) in [5, 5.41) is 0. The van der Waals surface area contributed by atoms with Gasteiger partial charge in [0, 0.05) is 19.5 Å². The molecule has 1 atom stereocenters. The molecule has 1 aromatic rings. The van der Waals surface area contributed by atoms with Crippen molar-refractivity contribution >= 4 is 11.9 Å². The highest BCUT2D eigenvalue weighted by Crippen LogP contribution is 2.32. The Labute approximate surface area is 129 Å². The van der Waals surface area contributed by atoms with Crippen LogP contribution in [0.25, 0.3) is 0 Å². The van der Waals surface area contributed by atoms with Crippen molar-refractivity contribution < 1.29 is 23.8 Å². The van der Waals surface area contributed by atoms with Gasteiger partial charge in [0.05, 0.1) is 13.0 Å². The fourth-order valence-electron chi connectivity index (χ4n) is 2.34. The van der Waals surface area contributed by atoms with Gasteiger partial charge in [0.1, 0.15) is 0 Å². The zero-order valence-electron chi connectivity index (χ0n) is 13.1. The first kappa shape index (κ1) is 16.1. The van der Waals surface area contributed by atoms with Gasteiger partial charge in [-0.05, 0) is 17.7 Å². The minimum absolute atomic E-state index is 0.00609. The van der Waals surface area contributed by atoms with Gasteiger partial charge in [-0.25, -0.2) is 0 Å². The Bertz CT molecular complexity index is 557. The van der Waals surface area contributed by atoms with Crippen LogP contribution < -0.4 is 9.47 Å². The minimum Gasteiger partial charge on any atom is -0.469 e. The standard InChI is InChI=1S/C16H21NO5/c1-4-15(18)17(8-11(2)16(19)20-3)9-12-5-6-13-14(7-12)22-10-21-13/h5-7,11H,4,8-10H2,1-3H3. The van der Waals surface area contributed by atoms with Gasteiger partial charge in [-0.2, -0.15) is 0 Å². The van der Waals surface area contributed by atoms with Gasteiger partial charge in [-0.15, -0.1) is 0 Å². The highest BCUT2D eigenvalue weighted by Gasteiger charge is 2.22. The lowest BCUT2D eigenvalue weighted by atomic mass is 10.1. The molecule has 22 heavy (non-hydrogen) atoms. The third kappa shape index (κ3) is 3.69. The molecule has 1 amide bonds. The van der Waals surface area contributed by atoms with E-state index in [0.717, 1.165) is 5.56 Å². The van der Waals surface area contributed by atoms with Crippen molar-refractivity contribution in [3.8, 4) is 11.5 Å². The number of rotatable bonds is 6. The summed E-state index contributed by atoms with van der Waals surface area (Å²) >= 11 is 0. The van der Waals surface area contributed by atoms with E-state index >= 15 is 0 Å². The lowest BCUT2D eigenvalue weighted by molar-refractivity contribution is -0.146. The predicted molar refractivity (Wildman–Crippen MR) is 79.5 cm³/mol. The number of hydrogen-bond donors (Lipinski definition) is 0. The van der Waals surface area contributed by atoms with E-state index in [1.807, 2.05) is 18.2 Å². The highest BCUT2D eigenvalue weighted by molar-refractivity contribution is 5.77. The van der Waals surface area contributed by atoms with Crippen molar-refractivity contribution in [3.05, 3.63) is 23.8 Å². The van der Waals surface area contributed by atoms with E-state index in [0.29, 0.717) is 31.0 Å². The van der Waals surface area contributed by atoms with E-state index in [-0.39, 0.29) is 24.6 Å². The molecule has 0 aromatic heterocycles. The zero-order chi connectivity index (χ0) is 16.1. The Hall–Kier alpha value is -2.24. The maximum absolute atomic E-state index is 12.1. The summed E-state index contributed by atoms with van der Waals surface area (Å²) in [5.41, 5.74) is 0.933. The quantitative estimate of drug-likeness (QED) is 0.752. The molecule has 1 unspecified atom stereocenters. The summed E-state index contributed by atoms with van der Waals surface area (Å²) in [6.07, 6.45) is 0.387. The number of carbonyl (C=O) groups is 2. The third-order valence-corrected chi connectivity index (χ3v) is 3.56. The lowest BCUT2D eigenvalue weighted by Crippen LogP contribution is -2.36. The number of methoxy groups -OCH3 is 1. The highest BCUT2D eigenvalue weighted by atomic mass is 16.7. The number of nitrogens with zero attached hydrogens (tertiary/aromatic N) is 1. The van der Waals surface area contributed by atoms with Crippen molar-refractivity contribution in [2.24, 2.45) is 5.92 Å². The molecule has 1 aliphatic rings. The second-order valence-electron chi connectivity index (χ2n) is 5.24. The first-order chi connectivity index (χ1) is 10.5. The summed E-state index contributed by atoms with van der Waals surface area (Å²) in [7, 11) is 1.35. The maximum atomic E-state index is 12.1. The van der Waals surface area contributed by atoms with Gasteiger partial charge in [0.25, 0.3) is 0 Å². The van der Waals surface area contributed by atoms with Crippen LogP contribution in [0.3, 0.4) is 0 Å². The molecule has 0 radical (unpaired) electrons. The van der Waals surface area contributed by atoms with Crippen LogP contribution in [0.4, 0.5) is 0 Å². The first-order valence-electron chi connectivity index (χ1n) is 7.29. The number of hydrogen-bond acceptors (Lipinski definition) is 5. The van der Waals surface area contributed by atoms with Crippen LogP contribution in [0.2, 0.25) is 0 Å². The van der Waals surface area contributed by atoms with Gasteiger partial charge >= 0.3 is 5.97 Å². The van der Waals surface area contributed by atoms with Gasteiger partial charge in [-0.3, -0.25) is 9.59 Å². The van der Waals surface area contributed by atoms with Crippen molar-refractivity contribution in [1.29, 1.82) is 0 Å². The molecule has 6 heteroatoms. The number of ether oxygens (including phenoxy) is 3. The molecule has 1 aliphatic heterocycles. The van der Waals surface area contributed by atoms with Gasteiger partial charge in [0.2, 0.25) is 12.7 Å². The van der Waals surface area contributed by atoms with Crippen molar-refractivity contribution in [2.45, 2.75) is 26.8 Å². The van der Waals surface area contributed by atoms with Crippen LogP contribution in [-0.4, -0.2) is 37.2 Å². The van der Waals surface area contributed by atoms with Crippen molar-refractivity contribution in [3.63, 3.8) is 0 Å². The van der Waals surface area contributed by atoms with Crippen LogP contribution in [0.5, 0.6) is 11.5 Å². The summed E-state index contributed by atoms with van der Waals surface area (Å²) in [5.74, 6) is 0.699. The second kappa shape index (κ2) is 7.15. The molecule has 6 nitrogen and oxygen atoms in total. The summed E-state index contributed by atoms with van der Waals surface area (Å²) in [4.78, 5) is 25.3. The van der Waals surface area contributed by atoms with E-state index in [4.69, 9.17) is 14.2 Å². The largest absolute Gasteiger partial charge is 0.469 e. The Balaban J connectivity index is 2.09. The minimum atomic E-state index is -0.366. The van der Waals surface area contributed by atoms with Crippen LogP contribution in [-0.2, 0) is 20.9 Å². The topological polar surface area (TPSA) is 65.1 Å². The molecule has 120 valence electrons. The molecule has 0 N–H and O–H groups in total. The van der Waals surface area contributed by atoms with Crippen LogP contribution in [0, 0.1) is 5.92 Å². The predicted octanol–water partition coefficient (Wildman–Crippen LogP) is 1.96. The monoisotopic (exact) mass is 307 g/mol. The maximum Gasteiger partial charge on any atom is 0.310 e. The van der Waals surface area contributed by atoms with Crippen LogP contribution in [0.15, 0.2) is 18.2 Å².